The van der Waals surface area contributed by atoms with Crippen molar-refractivity contribution in [3.05, 3.63) is 23.5 Å². The van der Waals surface area contributed by atoms with Crippen LogP contribution in [-0.2, 0) is 4.74 Å². The fraction of sp³-hybridized carbons (Fsp3) is 0.500. The van der Waals surface area contributed by atoms with Crippen molar-refractivity contribution >= 4 is 0 Å². The van der Waals surface area contributed by atoms with Crippen LogP contribution in [0.1, 0.15) is 13.3 Å². The van der Waals surface area contributed by atoms with Gasteiger partial charge in [0.25, 0.3) is 0 Å². The van der Waals surface area contributed by atoms with E-state index in [4.69, 9.17) is 0 Å². The molecule has 0 saturated heterocycles. The number of ether oxygens (including phenoxy) is 1. The molecule has 0 N–H and O–H groups in total. The lowest BCUT2D eigenvalue weighted by atomic mass is 10.1. The Morgan fingerprint density at radius 1 is 1.42 bits per heavy atom. The van der Waals surface area contributed by atoms with E-state index >= 15 is 0 Å². The van der Waals surface area contributed by atoms with Crippen molar-refractivity contribution in [2.45, 2.75) is 19.5 Å². The molecule has 1 aliphatic heterocycles. The Morgan fingerprint density at radius 2 is 2.08 bits per heavy atom. The minimum Gasteiger partial charge on any atom is -0.484 e. The van der Waals surface area contributed by atoms with Crippen molar-refractivity contribution < 1.29 is 17.9 Å². The molecule has 0 fully saturated rings. The van der Waals surface area contributed by atoms with Gasteiger partial charge in [0.05, 0.1) is 0 Å². The Labute approximate surface area is 68.5 Å². The molecule has 1 aliphatic rings. The third kappa shape index (κ3) is 2.03. The van der Waals surface area contributed by atoms with Crippen LogP contribution in [0.2, 0.25) is 0 Å². The van der Waals surface area contributed by atoms with Gasteiger partial charge in [0, 0.05) is 0 Å². The molecule has 0 saturated carbocycles. The van der Waals surface area contributed by atoms with Gasteiger partial charge in [-0.25, -0.2) is 0 Å². The first kappa shape index (κ1) is 9.16. The van der Waals surface area contributed by atoms with E-state index in [2.05, 4.69) is 4.74 Å². The molecule has 1 rings (SSSR count). The number of rotatable bonds is 1. The molecule has 68 valence electrons. The van der Waals surface area contributed by atoms with Gasteiger partial charge in [-0.2, -0.15) is 13.2 Å². The lowest BCUT2D eigenvalue weighted by Crippen LogP contribution is -2.17. The van der Waals surface area contributed by atoms with Crippen LogP contribution in [0, 0.1) is 0 Å². The molecular formula is C8H9F3O. The molecular weight excluding hydrogens is 169 g/mol. The lowest BCUT2D eigenvalue weighted by molar-refractivity contribution is -0.130. The average molecular weight is 178 g/mol. The highest BCUT2D eigenvalue weighted by Crippen LogP contribution is 2.29. The summed E-state index contributed by atoms with van der Waals surface area (Å²) in [5.41, 5.74) is 0.878. The van der Waals surface area contributed by atoms with Crippen LogP contribution in [0.5, 0.6) is 0 Å². The van der Waals surface area contributed by atoms with E-state index in [-0.39, 0.29) is 6.61 Å². The molecule has 0 aliphatic carbocycles. The van der Waals surface area contributed by atoms with Crippen molar-refractivity contribution in [3.63, 3.8) is 0 Å². The summed E-state index contributed by atoms with van der Waals surface area (Å²) in [6, 6.07) is 0. The van der Waals surface area contributed by atoms with Crippen LogP contribution in [0.15, 0.2) is 23.5 Å². The topological polar surface area (TPSA) is 9.23 Å². The highest BCUT2D eigenvalue weighted by atomic mass is 19.4. The number of alkyl halides is 3. The molecule has 1 heterocycles. The SMILES string of the molecule is CCC1=CC=C(C(F)(F)F)OC1. The molecule has 12 heavy (non-hydrogen) atoms. The van der Waals surface area contributed by atoms with Crippen LogP contribution in [-0.4, -0.2) is 12.8 Å². The number of hydrogen-bond donors (Lipinski definition) is 0. The summed E-state index contributed by atoms with van der Waals surface area (Å²) in [4.78, 5) is 0. The summed E-state index contributed by atoms with van der Waals surface area (Å²) in [6.45, 7) is 1.93. The molecule has 4 heteroatoms. The van der Waals surface area contributed by atoms with Gasteiger partial charge >= 0.3 is 6.18 Å². The maximum atomic E-state index is 11.9. The summed E-state index contributed by atoms with van der Waals surface area (Å²) >= 11 is 0. The second kappa shape index (κ2) is 3.21. The van der Waals surface area contributed by atoms with Crippen LogP contribution in [0.3, 0.4) is 0 Å². The van der Waals surface area contributed by atoms with Crippen molar-refractivity contribution in [2.24, 2.45) is 0 Å². The van der Waals surface area contributed by atoms with Crippen LogP contribution < -0.4 is 0 Å². The third-order valence-corrected chi connectivity index (χ3v) is 1.62. The largest absolute Gasteiger partial charge is 0.484 e. The minimum absolute atomic E-state index is 0.0574. The monoisotopic (exact) mass is 178 g/mol. The zero-order valence-corrected chi connectivity index (χ0v) is 6.61. The summed E-state index contributed by atoms with van der Waals surface area (Å²) in [7, 11) is 0. The number of hydrogen-bond acceptors (Lipinski definition) is 1. The van der Waals surface area contributed by atoms with Gasteiger partial charge in [0.1, 0.15) is 6.61 Å². The van der Waals surface area contributed by atoms with Gasteiger partial charge in [-0.3, -0.25) is 0 Å². The van der Waals surface area contributed by atoms with E-state index in [1.807, 2.05) is 6.92 Å². The molecule has 0 aromatic rings. The Hall–Kier alpha value is -0.930. The third-order valence-electron chi connectivity index (χ3n) is 1.62. The molecule has 0 radical (unpaired) electrons. The van der Waals surface area contributed by atoms with E-state index in [9.17, 15) is 13.2 Å². The first-order valence-corrected chi connectivity index (χ1v) is 3.63. The second-order valence-electron chi connectivity index (χ2n) is 2.50. The van der Waals surface area contributed by atoms with Crippen molar-refractivity contribution in [2.75, 3.05) is 6.61 Å². The maximum Gasteiger partial charge on any atom is 0.448 e. The molecule has 0 atom stereocenters. The standard InChI is InChI=1S/C8H9F3O/c1-2-6-3-4-7(12-5-6)8(9,10)11/h3-4H,2,5H2,1H3. The van der Waals surface area contributed by atoms with E-state index in [1.165, 1.54) is 6.08 Å². The van der Waals surface area contributed by atoms with Gasteiger partial charge in [-0.1, -0.05) is 13.0 Å². The lowest BCUT2D eigenvalue weighted by Gasteiger charge is -2.17. The number of halogens is 3. The Bertz CT molecular complexity index is 225. The summed E-state index contributed by atoms with van der Waals surface area (Å²) in [5.74, 6) is -0.903. The van der Waals surface area contributed by atoms with Gasteiger partial charge in [0.15, 0.2) is 0 Å². The number of allylic oxidation sites excluding steroid dienone is 3. The fourth-order valence-corrected chi connectivity index (χ4v) is 0.856. The quantitative estimate of drug-likeness (QED) is 0.599. The van der Waals surface area contributed by atoms with E-state index in [0.717, 1.165) is 18.1 Å². The van der Waals surface area contributed by atoms with Crippen molar-refractivity contribution in [3.8, 4) is 0 Å². The normalized spacial score (nSPS) is 18.0. The molecule has 0 spiro atoms. The minimum atomic E-state index is -4.35. The fourth-order valence-electron chi connectivity index (χ4n) is 0.856. The smallest absolute Gasteiger partial charge is 0.448 e. The zero-order valence-electron chi connectivity index (χ0n) is 6.61. The highest BCUT2D eigenvalue weighted by molar-refractivity contribution is 5.21. The average Bonchev–Trinajstić information content (AvgIpc) is 2.03. The predicted octanol–water partition coefficient (Wildman–Crippen LogP) is 2.80. The molecule has 0 amide bonds. The highest BCUT2D eigenvalue weighted by Gasteiger charge is 2.36. The Balaban J connectivity index is 2.73. The molecule has 0 bridgehead atoms. The van der Waals surface area contributed by atoms with Crippen LogP contribution in [0.4, 0.5) is 13.2 Å². The zero-order chi connectivity index (χ0) is 9.19. The van der Waals surface area contributed by atoms with Gasteiger partial charge in [-0.15, -0.1) is 0 Å². The summed E-state index contributed by atoms with van der Waals surface area (Å²) in [5, 5.41) is 0. The first-order valence-electron chi connectivity index (χ1n) is 3.63. The van der Waals surface area contributed by atoms with Crippen molar-refractivity contribution in [1.82, 2.24) is 0 Å². The van der Waals surface area contributed by atoms with Crippen LogP contribution in [0.25, 0.3) is 0 Å². The maximum absolute atomic E-state index is 11.9. The van der Waals surface area contributed by atoms with Gasteiger partial charge in [0.2, 0.25) is 5.76 Å². The molecule has 0 unspecified atom stereocenters. The molecule has 0 aromatic carbocycles. The van der Waals surface area contributed by atoms with E-state index < -0.39 is 11.9 Å². The summed E-state index contributed by atoms with van der Waals surface area (Å²) < 4.78 is 40.4. The Morgan fingerprint density at radius 3 is 2.42 bits per heavy atom. The predicted molar refractivity (Wildman–Crippen MR) is 38.5 cm³/mol. The van der Waals surface area contributed by atoms with Crippen molar-refractivity contribution in [1.29, 1.82) is 0 Å². The molecule has 0 aromatic heterocycles. The van der Waals surface area contributed by atoms with Crippen LogP contribution >= 0.6 is 0 Å². The van der Waals surface area contributed by atoms with Gasteiger partial charge in [-0.05, 0) is 18.1 Å². The second-order valence-corrected chi connectivity index (χ2v) is 2.50. The van der Waals surface area contributed by atoms with E-state index in [0.29, 0.717) is 0 Å². The first-order chi connectivity index (χ1) is 5.54. The van der Waals surface area contributed by atoms with Gasteiger partial charge < -0.3 is 4.74 Å². The Kier molecular flexibility index (Phi) is 2.45. The van der Waals surface area contributed by atoms with E-state index in [1.54, 1.807) is 0 Å². The summed E-state index contributed by atoms with van der Waals surface area (Å²) in [6.07, 6.45) is -1.19. The molecule has 1 nitrogen and oxygen atoms in total.